The summed E-state index contributed by atoms with van der Waals surface area (Å²) in [5.74, 6) is 1.41. The molecular formula is C34H43N3O2. The van der Waals surface area contributed by atoms with Crippen molar-refractivity contribution in [3.05, 3.63) is 108 Å². The van der Waals surface area contributed by atoms with Crippen LogP contribution in [0.4, 0.5) is 4.79 Å². The molecule has 5 nitrogen and oxygen atoms in total. The first-order valence-electron chi connectivity index (χ1n) is 14.7. The normalized spacial score (nSPS) is 22.8. The Morgan fingerprint density at radius 3 is 2.03 bits per heavy atom. The molecule has 0 radical (unpaired) electrons. The molecule has 3 aromatic carbocycles. The van der Waals surface area contributed by atoms with Crippen molar-refractivity contribution in [2.45, 2.75) is 69.1 Å². The van der Waals surface area contributed by atoms with Crippen LogP contribution in [-0.4, -0.2) is 47.8 Å². The summed E-state index contributed by atoms with van der Waals surface area (Å²) in [6.07, 6.45) is 6.86. The van der Waals surface area contributed by atoms with E-state index < -0.39 is 11.6 Å². The van der Waals surface area contributed by atoms with Crippen molar-refractivity contribution in [1.82, 2.24) is 15.5 Å². The highest BCUT2D eigenvalue weighted by Crippen LogP contribution is 2.33. The van der Waals surface area contributed by atoms with Gasteiger partial charge in [0.2, 0.25) is 0 Å². The third-order valence-electron chi connectivity index (χ3n) is 8.98. The Balaban J connectivity index is 1.08. The van der Waals surface area contributed by atoms with Crippen LogP contribution in [-0.2, 0) is 5.60 Å². The van der Waals surface area contributed by atoms with E-state index in [1.165, 1.54) is 38.0 Å². The second-order valence-corrected chi connectivity index (χ2v) is 11.5. The molecule has 2 fully saturated rings. The molecule has 3 aromatic rings. The van der Waals surface area contributed by atoms with Gasteiger partial charge in [-0.15, -0.1) is 0 Å². The molecule has 2 aliphatic rings. The average Bonchev–Trinajstić information content (AvgIpc) is 3.47. The molecule has 1 aliphatic carbocycles. The lowest BCUT2D eigenvalue weighted by Crippen LogP contribution is -2.54. The minimum absolute atomic E-state index is 0.184. The molecule has 5 rings (SSSR count). The van der Waals surface area contributed by atoms with Gasteiger partial charge in [-0.3, -0.25) is 0 Å². The summed E-state index contributed by atoms with van der Waals surface area (Å²) < 4.78 is 0. The van der Waals surface area contributed by atoms with E-state index in [0.29, 0.717) is 5.92 Å². The van der Waals surface area contributed by atoms with Crippen LogP contribution in [0.15, 0.2) is 91.0 Å². The molecule has 1 aliphatic heterocycles. The predicted molar refractivity (Wildman–Crippen MR) is 158 cm³/mol. The number of amides is 2. The number of aliphatic hydroxyl groups is 1. The van der Waals surface area contributed by atoms with Crippen molar-refractivity contribution < 1.29 is 9.90 Å². The Morgan fingerprint density at radius 2 is 1.44 bits per heavy atom. The summed E-state index contributed by atoms with van der Waals surface area (Å²) in [5.41, 5.74) is 1.67. The summed E-state index contributed by atoms with van der Waals surface area (Å²) >= 11 is 0. The van der Waals surface area contributed by atoms with Crippen LogP contribution >= 0.6 is 0 Å². The first kappa shape index (κ1) is 27.4. The van der Waals surface area contributed by atoms with Gasteiger partial charge in [-0.1, -0.05) is 91.0 Å². The summed E-state index contributed by atoms with van der Waals surface area (Å²) in [4.78, 5) is 15.7. The molecule has 1 saturated heterocycles. The van der Waals surface area contributed by atoms with E-state index in [2.05, 4.69) is 45.9 Å². The largest absolute Gasteiger partial charge is 0.378 e. The Morgan fingerprint density at radius 1 is 0.872 bits per heavy atom. The summed E-state index contributed by atoms with van der Waals surface area (Å²) in [6.45, 7) is 5.43. The number of carbonyl (C=O) groups excluding carboxylic acids is 1. The highest BCUT2D eigenvalue weighted by Gasteiger charge is 2.38. The van der Waals surface area contributed by atoms with Crippen LogP contribution in [0.25, 0.3) is 0 Å². The number of carbonyl (C=O) groups is 1. The van der Waals surface area contributed by atoms with Gasteiger partial charge in [0.25, 0.3) is 0 Å². The topological polar surface area (TPSA) is 64.6 Å². The summed E-state index contributed by atoms with van der Waals surface area (Å²) in [6, 6.07) is 29.6. The maximum absolute atomic E-state index is 13.0. The maximum atomic E-state index is 13.0. The molecule has 0 spiro atoms. The van der Waals surface area contributed by atoms with Gasteiger partial charge in [0.1, 0.15) is 5.60 Å². The number of benzene rings is 3. The van der Waals surface area contributed by atoms with Gasteiger partial charge >= 0.3 is 6.03 Å². The van der Waals surface area contributed by atoms with Gasteiger partial charge in [-0.05, 0) is 87.1 Å². The molecule has 39 heavy (non-hydrogen) atoms. The fraction of sp³-hybridized carbons (Fsp3) is 0.441. The van der Waals surface area contributed by atoms with Gasteiger partial charge in [0.05, 0.1) is 6.04 Å². The van der Waals surface area contributed by atoms with E-state index in [0.717, 1.165) is 42.7 Å². The number of hydrogen-bond donors (Lipinski definition) is 3. The van der Waals surface area contributed by atoms with Gasteiger partial charge in [0.15, 0.2) is 0 Å². The van der Waals surface area contributed by atoms with Gasteiger partial charge in [0, 0.05) is 12.6 Å². The number of hydrogen-bond acceptors (Lipinski definition) is 3. The molecule has 2 atom stereocenters. The van der Waals surface area contributed by atoms with E-state index in [4.69, 9.17) is 0 Å². The molecular weight excluding hydrogens is 482 g/mol. The third kappa shape index (κ3) is 6.71. The van der Waals surface area contributed by atoms with Crippen molar-refractivity contribution in [2.75, 3.05) is 19.6 Å². The van der Waals surface area contributed by atoms with Crippen molar-refractivity contribution in [3.63, 3.8) is 0 Å². The van der Waals surface area contributed by atoms with E-state index in [1.54, 1.807) is 0 Å². The zero-order chi connectivity index (χ0) is 27.1. The van der Waals surface area contributed by atoms with E-state index >= 15 is 0 Å². The Bertz CT molecular complexity index is 1120. The molecule has 0 aromatic heterocycles. The monoisotopic (exact) mass is 525 g/mol. The SMILES string of the molecule is C[C@@H](NC(=O)NC1CCC(CCN2CCC(c3ccccc3)C2)CC1)C(O)(c1ccccc1)c1ccccc1. The number of likely N-dealkylation sites (tertiary alicyclic amines) is 1. The Kier molecular flexibility index (Phi) is 9.00. The van der Waals surface area contributed by atoms with Crippen molar-refractivity contribution in [2.24, 2.45) is 5.92 Å². The van der Waals surface area contributed by atoms with Crippen LogP contribution in [0.2, 0.25) is 0 Å². The van der Waals surface area contributed by atoms with Crippen LogP contribution in [0.5, 0.6) is 0 Å². The minimum Gasteiger partial charge on any atom is -0.378 e. The quantitative estimate of drug-likeness (QED) is 0.319. The highest BCUT2D eigenvalue weighted by molar-refractivity contribution is 5.75. The molecule has 5 heteroatoms. The predicted octanol–water partition coefficient (Wildman–Crippen LogP) is 6.05. The molecule has 2 amide bonds. The number of nitrogens with zero attached hydrogens (tertiary/aromatic N) is 1. The van der Waals surface area contributed by atoms with Crippen molar-refractivity contribution >= 4 is 6.03 Å². The van der Waals surface area contributed by atoms with Gasteiger partial charge < -0.3 is 20.6 Å². The highest BCUT2D eigenvalue weighted by atomic mass is 16.3. The lowest BCUT2D eigenvalue weighted by atomic mass is 9.81. The third-order valence-corrected chi connectivity index (χ3v) is 8.98. The van der Waals surface area contributed by atoms with E-state index in [1.807, 2.05) is 67.6 Å². The smallest absolute Gasteiger partial charge is 0.315 e. The second-order valence-electron chi connectivity index (χ2n) is 11.5. The summed E-state index contributed by atoms with van der Waals surface area (Å²) in [7, 11) is 0. The number of rotatable bonds is 9. The number of urea groups is 1. The first-order valence-corrected chi connectivity index (χ1v) is 14.7. The zero-order valence-corrected chi connectivity index (χ0v) is 23.1. The van der Waals surface area contributed by atoms with Crippen LogP contribution in [0.1, 0.15) is 68.1 Å². The van der Waals surface area contributed by atoms with E-state index in [-0.39, 0.29) is 12.1 Å². The van der Waals surface area contributed by atoms with E-state index in [9.17, 15) is 9.90 Å². The first-order chi connectivity index (χ1) is 19.0. The Labute approximate surface area is 233 Å². The Hall–Kier alpha value is -3.15. The van der Waals surface area contributed by atoms with Crippen molar-refractivity contribution in [1.29, 1.82) is 0 Å². The van der Waals surface area contributed by atoms with Crippen LogP contribution in [0.3, 0.4) is 0 Å². The molecule has 1 unspecified atom stereocenters. The average molecular weight is 526 g/mol. The lowest BCUT2D eigenvalue weighted by Gasteiger charge is -2.36. The van der Waals surface area contributed by atoms with Gasteiger partial charge in [-0.2, -0.15) is 0 Å². The second kappa shape index (κ2) is 12.8. The fourth-order valence-electron chi connectivity index (χ4n) is 6.57. The molecule has 0 bridgehead atoms. The lowest BCUT2D eigenvalue weighted by molar-refractivity contribution is 0.0470. The standard InChI is InChI=1S/C34H43N3O2/c1-26(34(39,30-13-7-3-8-14-30)31-15-9-4-10-16-31)35-33(38)36-32-19-17-27(18-20-32)21-23-37-24-22-29(25-37)28-11-5-2-6-12-28/h2-16,26-27,29,32,39H,17-25H2,1H3,(H2,35,36,38)/t26-,27?,29?,32?/m1/s1. The van der Waals surface area contributed by atoms with Crippen molar-refractivity contribution in [3.8, 4) is 0 Å². The number of nitrogens with one attached hydrogen (secondary N) is 2. The molecule has 3 N–H and O–H groups in total. The van der Waals surface area contributed by atoms with Gasteiger partial charge in [-0.25, -0.2) is 4.79 Å². The van der Waals surface area contributed by atoms with Crippen LogP contribution in [0, 0.1) is 5.92 Å². The molecule has 206 valence electrons. The maximum Gasteiger partial charge on any atom is 0.315 e. The zero-order valence-electron chi connectivity index (χ0n) is 23.1. The molecule has 1 heterocycles. The van der Waals surface area contributed by atoms with Crippen LogP contribution < -0.4 is 10.6 Å². The summed E-state index contributed by atoms with van der Waals surface area (Å²) in [5, 5.41) is 18.1. The fourth-order valence-corrected chi connectivity index (χ4v) is 6.57. The minimum atomic E-state index is -1.33. The molecule has 1 saturated carbocycles.